The first kappa shape index (κ1) is 12.6. The fraction of sp³-hybridized carbons (Fsp3) is 0.154. The molecule has 3 rings (SSSR count). The first-order valence-electron chi connectivity index (χ1n) is 5.94. The largest absolute Gasteiger partial charge is 0.497 e. The van der Waals surface area contributed by atoms with E-state index in [0.29, 0.717) is 21.3 Å². The van der Waals surface area contributed by atoms with Crippen LogP contribution in [0, 0.1) is 6.92 Å². The lowest BCUT2D eigenvalue weighted by Gasteiger charge is -2.03. The van der Waals surface area contributed by atoms with Crippen molar-refractivity contribution >= 4 is 32.5 Å². The van der Waals surface area contributed by atoms with E-state index in [1.807, 2.05) is 24.3 Å². The van der Waals surface area contributed by atoms with Crippen LogP contribution in [-0.4, -0.2) is 22.1 Å². The summed E-state index contributed by atoms with van der Waals surface area (Å²) in [7, 11) is 1.62. The number of thiazole rings is 1. The third kappa shape index (κ3) is 2.35. The molecule has 0 fully saturated rings. The van der Waals surface area contributed by atoms with E-state index in [9.17, 15) is 4.79 Å². The number of methoxy groups -OCH3 is 1. The van der Waals surface area contributed by atoms with E-state index in [4.69, 9.17) is 4.74 Å². The number of fused-ring (bicyclic) bond motifs is 1. The number of aryl methyl sites for hydroxylation is 1. The van der Waals surface area contributed by atoms with Gasteiger partial charge < -0.3 is 15.0 Å². The number of rotatable bonds is 3. The summed E-state index contributed by atoms with van der Waals surface area (Å²) in [6.45, 7) is 1.75. The molecule has 3 aromatic rings. The van der Waals surface area contributed by atoms with E-state index < -0.39 is 0 Å². The zero-order chi connectivity index (χ0) is 14.1. The molecular weight excluding hydrogens is 276 g/mol. The third-order valence-electron chi connectivity index (χ3n) is 2.73. The lowest BCUT2D eigenvalue weighted by molar-refractivity contribution is 0.415. The van der Waals surface area contributed by atoms with Gasteiger partial charge in [-0.05, 0) is 31.2 Å². The molecule has 2 aromatic heterocycles. The Morgan fingerprint density at radius 2 is 2.00 bits per heavy atom. The number of anilines is 2. The predicted octanol–water partition coefficient (Wildman–Crippen LogP) is 2.44. The molecule has 7 heteroatoms. The van der Waals surface area contributed by atoms with E-state index >= 15 is 0 Å². The van der Waals surface area contributed by atoms with Crippen LogP contribution in [0.1, 0.15) is 5.82 Å². The van der Waals surface area contributed by atoms with Crippen molar-refractivity contribution in [2.24, 2.45) is 0 Å². The molecule has 20 heavy (non-hydrogen) atoms. The second-order valence-corrected chi connectivity index (χ2v) is 5.16. The van der Waals surface area contributed by atoms with Gasteiger partial charge in [0.2, 0.25) is 0 Å². The fourth-order valence-corrected chi connectivity index (χ4v) is 2.70. The van der Waals surface area contributed by atoms with E-state index in [1.165, 1.54) is 11.3 Å². The molecule has 0 aliphatic rings. The minimum absolute atomic E-state index is 0.216. The minimum atomic E-state index is -0.216. The van der Waals surface area contributed by atoms with Gasteiger partial charge in [0, 0.05) is 5.69 Å². The number of ether oxygens (including phenoxy) is 1. The number of nitrogens with one attached hydrogen (secondary N) is 2. The van der Waals surface area contributed by atoms with Crippen LogP contribution in [-0.2, 0) is 0 Å². The van der Waals surface area contributed by atoms with E-state index in [1.54, 1.807) is 14.0 Å². The van der Waals surface area contributed by atoms with Crippen molar-refractivity contribution in [3.8, 4) is 5.75 Å². The zero-order valence-electron chi connectivity index (χ0n) is 10.9. The van der Waals surface area contributed by atoms with Crippen LogP contribution in [0.3, 0.4) is 0 Å². The summed E-state index contributed by atoms with van der Waals surface area (Å²) < 4.78 is 5.10. The molecule has 0 aliphatic heterocycles. The third-order valence-corrected chi connectivity index (χ3v) is 3.59. The average molecular weight is 288 g/mol. The van der Waals surface area contributed by atoms with E-state index in [0.717, 1.165) is 11.4 Å². The van der Waals surface area contributed by atoms with Crippen LogP contribution in [0.25, 0.3) is 10.3 Å². The Hall–Kier alpha value is -2.41. The maximum Gasteiger partial charge on any atom is 0.278 e. The molecule has 0 aliphatic carbocycles. The highest BCUT2D eigenvalue weighted by Crippen LogP contribution is 2.26. The number of aromatic amines is 1. The van der Waals surface area contributed by atoms with Crippen molar-refractivity contribution in [3.05, 3.63) is 40.4 Å². The van der Waals surface area contributed by atoms with Crippen LogP contribution in [0.2, 0.25) is 0 Å². The molecule has 1 aromatic carbocycles. The predicted molar refractivity (Wildman–Crippen MR) is 79.0 cm³/mol. The number of hydrogen-bond acceptors (Lipinski definition) is 6. The molecule has 2 heterocycles. The van der Waals surface area contributed by atoms with Crippen LogP contribution >= 0.6 is 11.3 Å². The molecule has 0 saturated carbocycles. The van der Waals surface area contributed by atoms with Crippen LogP contribution in [0.4, 0.5) is 10.8 Å². The second-order valence-electron chi connectivity index (χ2n) is 4.18. The maximum absolute atomic E-state index is 11.8. The molecule has 0 radical (unpaired) electrons. The molecule has 0 amide bonds. The molecule has 0 bridgehead atoms. The van der Waals surface area contributed by atoms with Gasteiger partial charge >= 0.3 is 0 Å². The van der Waals surface area contributed by atoms with Crippen molar-refractivity contribution in [2.75, 3.05) is 12.4 Å². The fourth-order valence-electron chi connectivity index (χ4n) is 1.79. The smallest absolute Gasteiger partial charge is 0.278 e. The Morgan fingerprint density at radius 1 is 1.25 bits per heavy atom. The van der Waals surface area contributed by atoms with Crippen molar-refractivity contribution in [2.45, 2.75) is 6.92 Å². The Labute approximate surface area is 118 Å². The van der Waals surface area contributed by atoms with Gasteiger partial charge in [0.25, 0.3) is 5.56 Å². The summed E-state index contributed by atoms with van der Waals surface area (Å²) in [5.74, 6) is 1.37. The maximum atomic E-state index is 11.8. The summed E-state index contributed by atoms with van der Waals surface area (Å²) in [5, 5.41) is 3.78. The summed E-state index contributed by atoms with van der Waals surface area (Å²) in [6, 6.07) is 7.47. The second kappa shape index (κ2) is 4.93. The number of aromatic nitrogens is 3. The van der Waals surface area contributed by atoms with E-state index in [2.05, 4.69) is 20.3 Å². The molecule has 6 nitrogen and oxygen atoms in total. The first-order chi connectivity index (χ1) is 9.65. The quantitative estimate of drug-likeness (QED) is 0.773. The van der Waals surface area contributed by atoms with Gasteiger partial charge in [-0.2, -0.15) is 0 Å². The lowest BCUT2D eigenvalue weighted by atomic mass is 10.3. The molecule has 0 spiro atoms. The van der Waals surface area contributed by atoms with Gasteiger partial charge in [0.15, 0.2) is 15.5 Å². The van der Waals surface area contributed by atoms with E-state index in [-0.39, 0.29) is 5.56 Å². The Bertz CT molecular complexity index is 807. The minimum Gasteiger partial charge on any atom is -0.497 e. The molecule has 0 saturated heterocycles. The highest BCUT2D eigenvalue weighted by Gasteiger charge is 2.09. The summed E-state index contributed by atoms with van der Waals surface area (Å²) in [6.07, 6.45) is 0. The molecular formula is C13H12N4O2S. The molecule has 2 N–H and O–H groups in total. The molecule has 0 unspecified atom stereocenters. The van der Waals surface area contributed by atoms with Crippen molar-refractivity contribution in [1.82, 2.24) is 15.0 Å². The SMILES string of the molecule is COc1ccc(Nc2nc3c(=O)[nH]c(C)nc3s2)cc1. The standard InChI is InChI=1S/C13H12N4O2S/c1-7-14-11(18)10-12(15-7)20-13(17-10)16-8-3-5-9(19-2)6-4-8/h3-6H,1-2H3,(H,16,17)(H,14,15,18). The zero-order valence-corrected chi connectivity index (χ0v) is 11.7. The van der Waals surface area contributed by atoms with Gasteiger partial charge in [-0.1, -0.05) is 11.3 Å². The topological polar surface area (TPSA) is 79.9 Å². The lowest BCUT2D eigenvalue weighted by Crippen LogP contribution is -2.08. The normalized spacial score (nSPS) is 10.7. The molecule has 0 atom stereocenters. The van der Waals surface area contributed by atoms with Gasteiger partial charge in [0.1, 0.15) is 11.6 Å². The Morgan fingerprint density at radius 3 is 2.70 bits per heavy atom. The Kier molecular flexibility index (Phi) is 3.11. The van der Waals surface area contributed by atoms with Gasteiger partial charge in [0.05, 0.1) is 7.11 Å². The van der Waals surface area contributed by atoms with Crippen molar-refractivity contribution < 1.29 is 4.74 Å². The summed E-state index contributed by atoms with van der Waals surface area (Å²) in [5.41, 5.74) is 1.01. The summed E-state index contributed by atoms with van der Waals surface area (Å²) in [4.78, 5) is 23.5. The van der Waals surface area contributed by atoms with Gasteiger partial charge in [-0.25, -0.2) is 9.97 Å². The molecule has 102 valence electrons. The van der Waals surface area contributed by atoms with Crippen LogP contribution in [0.5, 0.6) is 5.75 Å². The highest BCUT2D eigenvalue weighted by atomic mass is 32.1. The van der Waals surface area contributed by atoms with Crippen LogP contribution < -0.4 is 15.6 Å². The number of nitrogens with zero attached hydrogens (tertiary/aromatic N) is 2. The van der Waals surface area contributed by atoms with Gasteiger partial charge in [-0.15, -0.1) is 0 Å². The Balaban J connectivity index is 1.94. The number of hydrogen-bond donors (Lipinski definition) is 2. The van der Waals surface area contributed by atoms with Crippen molar-refractivity contribution in [3.63, 3.8) is 0 Å². The number of H-pyrrole nitrogens is 1. The average Bonchev–Trinajstić information content (AvgIpc) is 2.82. The van der Waals surface area contributed by atoms with Crippen molar-refractivity contribution in [1.29, 1.82) is 0 Å². The monoisotopic (exact) mass is 288 g/mol. The summed E-state index contributed by atoms with van der Waals surface area (Å²) >= 11 is 1.35. The number of benzene rings is 1. The van der Waals surface area contributed by atoms with Gasteiger partial charge in [-0.3, -0.25) is 4.79 Å². The first-order valence-corrected chi connectivity index (χ1v) is 6.76. The highest BCUT2D eigenvalue weighted by molar-refractivity contribution is 7.21. The van der Waals surface area contributed by atoms with Crippen LogP contribution in [0.15, 0.2) is 29.1 Å².